The van der Waals surface area contributed by atoms with Crippen LogP contribution in [0.3, 0.4) is 0 Å². The average Bonchev–Trinajstić information content (AvgIpc) is 3.33. The van der Waals surface area contributed by atoms with Crippen LogP contribution >= 0.6 is 12.2 Å². The van der Waals surface area contributed by atoms with Crippen molar-refractivity contribution in [3.63, 3.8) is 0 Å². The van der Waals surface area contributed by atoms with E-state index in [0.29, 0.717) is 5.11 Å². The van der Waals surface area contributed by atoms with Gasteiger partial charge in [-0.05, 0) is 117 Å². The number of thiocarbonyl (C=S) groups is 1. The van der Waals surface area contributed by atoms with E-state index >= 15 is 0 Å². The van der Waals surface area contributed by atoms with Crippen molar-refractivity contribution in [2.75, 3.05) is 24.0 Å². The third-order valence-electron chi connectivity index (χ3n) is 8.09. The van der Waals surface area contributed by atoms with Gasteiger partial charge in [0.2, 0.25) is 0 Å². The summed E-state index contributed by atoms with van der Waals surface area (Å²) in [7, 11) is 3.81. The predicted molar refractivity (Wildman–Crippen MR) is 170 cm³/mol. The second kappa shape index (κ2) is 10.6. The lowest BCUT2D eigenvalue weighted by Gasteiger charge is -2.41. The van der Waals surface area contributed by atoms with Crippen LogP contribution in [0.5, 0.6) is 17.2 Å². The number of nitrogens with one attached hydrogen (secondary N) is 1. The molecule has 4 aromatic rings. The summed E-state index contributed by atoms with van der Waals surface area (Å²) in [6, 6.07) is 28.2. The fourth-order valence-electron chi connectivity index (χ4n) is 5.79. The molecule has 208 valence electrons. The molecule has 2 aliphatic heterocycles. The maximum absolute atomic E-state index is 6.08. The number of anilines is 2. The lowest BCUT2D eigenvalue weighted by Crippen LogP contribution is -2.42. The SMILES string of the molecule is COc1ccc(Oc2ccc(N3C(=S)N[C@H](c4ccccn4)[C@@H]3c3ccc4c(c3)C(C)=CC(C)(C)N4C)cc2)cc1. The first kappa shape index (κ1) is 26.8. The van der Waals surface area contributed by atoms with Gasteiger partial charge in [0.25, 0.3) is 0 Å². The van der Waals surface area contributed by atoms with Gasteiger partial charge in [-0.1, -0.05) is 18.2 Å². The molecular formula is C34H34N4O2S. The maximum atomic E-state index is 6.08. The molecule has 0 aliphatic carbocycles. The molecule has 1 fully saturated rings. The fraction of sp³-hybridized carbons (Fsp3) is 0.235. The molecule has 3 heterocycles. The number of allylic oxidation sites excluding steroid dienone is 1. The Hall–Kier alpha value is -4.36. The highest BCUT2D eigenvalue weighted by atomic mass is 32.1. The molecule has 1 N–H and O–H groups in total. The zero-order chi connectivity index (χ0) is 28.7. The molecule has 1 saturated heterocycles. The highest BCUT2D eigenvalue weighted by Crippen LogP contribution is 2.45. The summed E-state index contributed by atoms with van der Waals surface area (Å²) in [5.74, 6) is 2.28. The monoisotopic (exact) mass is 562 g/mol. The Balaban J connectivity index is 1.37. The summed E-state index contributed by atoms with van der Waals surface area (Å²) in [5, 5.41) is 4.24. The summed E-state index contributed by atoms with van der Waals surface area (Å²) in [4.78, 5) is 9.25. The highest BCUT2D eigenvalue weighted by Gasteiger charge is 2.41. The van der Waals surface area contributed by atoms with E-state index in [1.165, 1.54) is 22.4 Å². The first-order chi connectivity index (χ1) is 19.7. The minimum absolute atomic E-state index is 0.0484. The third kappa shape index (κ3) is 5.02. The lowest BCUT2D eigenvalue weighted by molar-refractivity contribution is 0.413. The van der Waals surface area contributed by atoms with E-state index in [4.69, 9.17) is 26.7 Å². The van der Waals surface area contributed by atoms with Crippen LogP contribution in [0, 0.1) is 0 Å². The maximum Gasteiger partial charge on any atom is 0.174 e. The summed E-state index contributed by atoms with van der Waals surface area (Å²) in [6.07, 6.45) is 4.17. The zero-order valence-corrected chi connectivity index (χ0v) is 24.8. The van der Waals surface area contributed by atoms with E-state index in [9.17, 15) is 0 Å². The Kier molecular flexibility index (Phi) is 6.91. The number of pyridine rings is 1. The van der Waals surface area contributed by atoms with Crippen LogP contribution in [0.4, 0.5) is 11.4 Å². The summed E-state index contributed by atoms with van der Waals surface area (Å²) >= 11 is 5.96. The molecule has 6 rings (SSSR count). The molecule has 41 heavy (non-hydrogen) atoms. The number of nitrogens with zero attached hydrogens (tertiary/aromatic N) is 3. The molecule has 7 heteroatoms. The molecule has 0 unspecified atom stereocenters. The van der Waals surface area contributed by atoms with Gasteiger partial charge in [0, 0.05) is 30.2 Å². The number of methoxy groups -OCH3 is 1. The normalized spacial score (nSPS) is 19.3. The number of likely N-dealkylation sites (N-methyl/N-ethyl adjacent to an activating group) is 1. The van der Waals surface area contributed by atoms with Gasteiger partial charge >= 0.3 is 0 Å². The van der Waals surface area contributed by atoms with Crippen LogP contribution in [0.1, 0.15) is 49.7 Å². The van der Waals surface area contributed by atoms with Crippen LogP contribution in [0.2, 0.25) is 0 Å². The van der Waals surface area contributed by atoms with E-state index in [2.05, 4.69) is 85.4 Å². The molecule has 0 radical (unpaired) electrons. The van der Waals surface area contributed by atoms with E-state index in [0.717, 1.165) is 28.6 Å². The lowest BCUT2D eigenvalue weighted by atomic mass is 9.86. The van der Waals surface area contributed by atoms with Crippen molar-refractivity contribution in [2.24, 2.45) is 0 Å². The van der Waals surface area contributed by atoms with Crippen LogP contribution in [0.25, 0.3) is 5.57 Å². The first-order valence-corrected chi connectivity index (χ1v) is 14.2. The van der Waals surface area contributed by atoms with Gasteiger partial charge in [0.05, 0.1) is 30.4 Å². The van der Waals surface area contributed by atoms with Gasteiger partial charge < -0.3 is 24.6 Å². The number of ether oxygens (including phenoxy) is 2. The Bertz CT molecular complexity index is 1600. The quantitative estimate of drug-likeness (QED) is 0.242. The molecule has 0 spiro atoms. The van der Waals surface area contributed by atoms with Crippen molar-refractivity contribution < 1.29 is 9.47 Å². The molecular weight excluding hydrogens is 528 g/mol. The topological polar surface area (TPSA) is 49.9 Å². The Morgan fingerprint density at radius 1 is 0.902 bits per heavy atom. The van der Waals surface area contributed by atoms with Crippen LogP contribution < -0.4 is 24.6 Å². The molecule has 3 aromatic carbocycles. The second-order valence-electron chi connectivity index (χ2n) is 11.1. The molecule has 2 atom stereocenters. The summed E-state index contributed by atoms with van der Waals surface area (Å²) < 4.78 is 11.3. The van der Waals surface area contributed by atoms with Gasteiger partial charge in [0.1, 0.15) is 17.2 Å². The molecule has 0 saturated carbocycles. The Morgan fingerprint density at radius 2 is 1.59 bits per heavy atom. The minimum atomic E-state index is -0.112. The Morgan fingerprint density at radius 3 is 2.24 bits per heavy atom. The van der Waals surface area contributed by atoms with Gasteiger partial charge in [-0.15, -0.1) is 0 Å². The van der Waals surface area contributed by atoms with E-state index in [1.807, 2.05) is 54.7 Å². The summed E-state index contributed by atoms with van der Waals surface area (Å²) in [6.45, 7) is 6.69. The molecule has 2 aliphatic rings. The van der Waals surface area contributed by atoms with Crippen molar-refractivity contribution in [1.82, 2.24) is 10.3 Å². The zero-order valence-electron chi connectivity index (χ0n) is 24.0. The number of rotatable bonds is 6. The smallest absolute Gasteiger partial charge is 0.174 e. The predicted octanol–water partition coefficient (Wildman–Crippen LogP) is 7.69. The largest absolute Gasteiger partial charge is 0.497 e. The van der Waals surface area contributed by atoms with Gasteiger partial charge in [-0.2, -0.15) is 0 Å². The van der Waals surface area contributed by atoms with Crippen molar-refractivity contribution >= 4 is 34.3 Å². The van der Waals surface area contributed by atoms with E-state index in [1.54, 1.807) is 7.11 Å². The van der Waals surface area contributed by atoms with Crippen LogP contribution in [0.15, 0.2) is 97.2 Å². The van der Waals surface area contributed by atoms with E-state index in [-0.39, 0.29) is 17.6 Å². The van der Waals surface area contributed by atoms with Crippen molar-refractivity contribution in [3.05, 3.63) is 114 Å². The van der Waals surface area contributed by atoms with Crippen molar-refractivity contribution in [3.8, 4) is 17.2 Å². The number of hydrogen-bond donors (Lipinski definition) is 1. The van der Waals surface area contributed by atoms with Gasteiger partial charge in [0.15, 0.2) is 5.11 Å². The fourth-order valence-corrected chi connectivity index (χ4v) is 6.13. The standard InChI is InChI=1S/C34H34N4O2S/c1-22-21-34(2,3)37(4)30-18-9-23(20-28(22)30)32-31(29-8-6-7-19-35-29)36-33(41)38(32)24-10-12-26(13-11-24)40-27-16-14-25(39-5)15-17-27/h6-21,31-32H,1-5H3,(H,36,41)/t31-,32+/m1/s1. The Labute approximate surface area is 247 Å². The van der Waals surface area contributed by atoms with Gasteiger partial charge in [-0.25, -0.2) is 0 Å². The number of benzene rings is 3. The van der Waals surface area contributed by atoms with Gasteiger partial charge in [-0.3, -0.25) is 4.98 Å². The van der Waals surface area contributed by atoms with Crippen molar-refractivity contribution in [2.45, 2.75) is 38.4 Å². The number of hydrogen-bond acceptors (Lipinski definition) is 5. The second-order valence-corrected chi connectivity index (χ2v) is 11.5. The molecule has 0 amide bonds. The van der Waals surface area contributed by atoms with Crippen LogP contribution in [-0.2, 0) is 0 Å². The first-order valence-electron chi connectivity index (χ1n) is 13.8. The number of aromatic nitrogens is 1. The molecule has 6 nitrogen and oxygen atoms in total. The third-order valence-corrected chi connectivity index (χ3v) is 8.41. The minimum Gasteiger partial charge on any atom is -0.497 e. The molecule has 1 aromatic heterocycles. The van der Waals surface area contributed by atoms with Crippen LogP contribution in [-0.4, -0.2) is 29.8 Å². The highest BCUT2D eigenvalue weighted by molar-refractivity contribution is 7.80. The average molecular weight is 563 g/mol. The van der Waals surface area contributed by atoms with E-state index < -0.39 is 0 Å². The summed E-state index contributed by atoms with van der Waals surface area (Å²) in [5.41, 5.74) is 6.80. The van der Waals surface area contributed by atoms with Crippen molar-refractivity contribution in [1.29, 1.82) is 0 Å². The molecule has 0 bridgehead atoms. The number of fused-ring (bicyclic) bond motifs is 1.